The van der Waals surface area contributed by atoms with Crippen LogP contribution in [0.3, 0.4) is 0 Å². The molecule has 1 aromatic rings. The molecule has 0 unspecified atom stereocenters. The summed E-state index contributed by atoms with van der Waals surface area (Å²) in [5.41, 5.74) is 6.06. The Balaban J connectivity index is 2.91. The lowest BCUT2D eigenvalue weighted by atomic mass is 10.0. The lowest BCUT2D eigenvalue weighted by Crippen LogP contribution is -2.26. The van der Waals surface area contributed by atoms with Crippen LogP contribution in [0.4, 0.5) is 11.4 Å². The molecule has 4 nitrogen and oxygen atoms in total. The summed E-state index contributed by atoms with van der Waals surface area (Å²) >= 11 is 5.90. The maximum Gasteiger partial charge on any atom is 0.233 e. The summed E-state index contributed by atoms with van der Waals surface area (Å²) in [5.74, 6) is 0.0285. The normalized spacial score (nSPS) is 12.5. The molecule has 0 aromatic heterocycles. The van der Waals surface area contributed by atoms with E-state index in [1.54, 1.807) is 12.1 Å². The highest BCUT2D eigenvalue weighted by molar-refractivity contribution is 7.92. The van der Waals surface area contributed by atoms with Gasteiger partial charge in [0, 0.05) is 5.69 Å². The quantitative estimate of drug-likeness (QED) is 0.834. The highest BCUT2D eigenvalue weighted by Gasteiger charge is 2.22. The van der Waals surface area contributed by atoms with Crippen molar-refractivity contribution in [1.29, 1.82) is 0 Å². The van der Waals surface area contributed by atoms with Gasteiger partial charge in [0.1, 0.15) is 0 Å². The first-order valence-corrected chi connectivity index (χ1v) is 7.18. The largest absolute Gasteiger partial charge is 0.399 e. The van der Waals surface area contributed by atoms with Crippen LogP contribution < -0.4 is 10.5 Å². The van der Waals surface area contributed by atoms with Gasteiger partial charge in [0.05, 0.1) is 16.5 Å². The van der Waals surface area contributed by atoms with E-state index in [0.29, 0.717) is 16.4 Å². The van der Waals surface area contributed by atoms with E-state index in [-0.39, 0.29) is 11.2 Å². The smallest absolute Gasteiger partial charge is 0.233 e. The molecule has 6 heteroatoms. The standard InChI is InChI=1S/C11H17ClN2O2S/c1-11(2,3)7-17(15,16)14-10-5-4-8(13)6-9(10)12/h4-6,14H,7,13H2,1-3H3. The maximum atomic E-state index is 11.9. The average molecular weight is 277 g/mol. The van der Waals surface area contributed by atoms with E-state index in [1.165, 1.54) is 6.07 Å². The molecule has 0 spiro atoms. The van der Waals surface area contributed by atoms with E-state index in [2.05, 4.69) is 4.72 Å². The Kier molecular flexibility index (Phi) is 3.94. The third-order valence-corrected chi connectivity index (χ3v) is 3.97. The number of benzene rings is 1. The molecule has 0 atom stereocenters. The summed E-state index contributed by atoms with van der Waals surface area (Å²) in [5, 5.41) is 0.294. The highest BCUT2D eigenvalue weighted by atomic mass is 35.5. The first-order valence-electron chi connectivity index (χ1n) is 5.15. The second-order valence-corrected chi connectivity index (χ2v) is 7.29. The fourth-order valence-electron chi connectivity index (χ4n) is 1.39. The van der Waals surface area contributed by atoms with Gasteiger partial charge in [-0.05, 0) is 23.6 Å². The Morgan fingerprint density at radius 1 is 1.35 bits per heavy atom. The Labute approximate surface area is 107 Å². The van der Waals surface area contributed by atoms with Crippen molar-refractivity contribution in [1.82, 2.24) is 0 Å². The zero-order valence-electron chi connectivity index (χ0n) is 10.1. The molecule has 17 heavy (non-hydrogen) atoms. The van der Waals surface area contributed by atoms with Crippen LogP contribution in [0, 0.1) is 5.41 Å². The molecule has 1 aromatic carbocycles. The fourth-order valence-corrected chi connectivity index (χ4v) is 3.41. The number of hydrogen-bond acceptors (Lipinski definition) is 3. The van der Waals surface area contributed by atoms with Gasteiger partial charge in [0.25, 0.3) is 0 Å². The first kappa shape index (κ1) is 14.1. The van der Waals surface area contributed by atoms with E-state index in [9.17, 15) is 8.42 Å². The van der Waals surface area contributed by atoms with E-state index in [4.69, 9.17) is 17.3 Å². The Hall–Kier alpha value is -0.940. The summed E-state index contributed by atoms with van der Waals surface area (Å²) in [6.45, 7) is 5.57. The van der Waals surface area contributed by atoms with Gasteiger partial charge in [-0.2, -0.15) is 0 Å². The number of hydrogen-bond donors (Lipinski definition) is 2. The summed E-state index contributed by atoms with van der Waals surface area (Å²) in [4.78, 5) is 0. The van der Waals surface area contributed by atoms with Crippen molar-refractivity contribution in [2.75, 3.05) is 16.2 Å². The van der Waals surface area contributed by atoms with Crippen LogP contribution in [-0.2, 0) is 10.0 Å². The molecule has 96 valence electrons. The minimum absolute atomic E-state index is 0.0285. The number of rotatable bonds is 3. The topological polar surface area (TPSA) is 72.2 Å². The van der Waals surface area contributed by atoms with Crippen molar-refractivity contribution in [3.8, 4) is 0 Å². The Morgan fingerprint density at radius 3 is 2.41 bits per heavy atom. The van der Waals surface area contributed by atoms with E-state index in [0.717, 1.165) is 0 Å². The summed E-state index contributed by atoms with van der Waals surface area (Å²) in [6, 6.07) is 4.66. The number of sulfonamides is 1. The Morgan fingerprint density at radius 2 is 1.94 bits per heavy atom. The van der Waals surface area contributed by atoms with Gasteiger partial charge in [-0.1, -0.05) is 32.4 Å². The Bertz CT molecular complexity index is 507. The van der Waals surface area contributed by atoms with Gasteiger partial charge in [0.15, 0.2) is 0 Å². The van der Waals surface area contributed by atoms with Gasteiger partial charge in [0.2, 0.25) is 10.0 Å². The minimum Gasteiger partial charge on any atom is -0.399 e. The summed E-state index contributed by atoms with van der Waals surface area (Å²) in [6.07, 6.45) is 0. The SMILES string of the molecule is CC(C)(C)CS(=O)(=O)Nc1ccc(N)cc1Cl. The molecule has 0 radical (unpaired) electrons. The van der Waals surface area contributed by atoms with Crippen LogP contribution in [0.1, 0.15) is 20.8 Å². The van der Waals surface area contributed by atoms with Gasteiger partial charge in [-0.25, -0.2) is 8.42 Å². The van der Waals surface area contributed by atoms with Crippen LogP contribution in [0.15, 0.2) is 18.2 Å². The van der Waals surface area contributed by atoms with Crippen LogP contribution in [0.25, 0.3) is 0 Å². The van der Waals surface area contributed by atoms with Gasteiger partial charge in [-0.15, -0.1) is 0 Å². The third kappa shape index (κ3) is 4.83. The van der Waals surface area contributed by atoms with Crippen LogP contribution in [0.2, 0.25) is 5.02 Å². The molecule has 0 bridgehead atoms. The van der Waals surface area contributed by atoms with Gasteiger partial charge in [-0.3, -0.25) is 4.72 Å². The van der Waals surface area contributed by atoms with Gasteiger partial charge < -0.3 is 5.73 Å². The van der Waals surface area contributed by atoms with Crippen molar-refractivity contribution in [3.63, 3.8) is 0 Å². The van der Waals surface area contributed by atoms with Crippen molar-refractivity contribution in [3.05, 3.63) is 23.2 Å². The first-order chi connectivity index (χ1) is 7.59. The fraction of sp³-hybridized carbons (Fsp3) is 0.455. The number of nitrogens with two attached hydrogens (primary N) is 1. The molecule has 0 aliphatic heterocycles. The zero-order chi connectivity index (χ0) is 13.3. The number of anilines is 2. The predicted molar refractivity (Wildman–Crippen MR) is 72.7 cm³/mol. The molecule has 1 rings (SSSR count). The number of halogens is 1. The van der Waals surface area contributed by atoms with E-state index in [1.807, 2.05) is 20.8 Å². The second kappa shape index (κ2) is 4.74. The summed E-state index contributed by atoms with van der Waals surface area (Å²) < 4.78 is 26.2. The molecule has 0 amide bonds. The highest BCUT2D eigenvalue weighted by Crippen LogP contribution is 2.26. The third-order valence-electron chi connectivity index (χ3n) is 1.88. The lowest BCUT2D eigenvalue weighted by Gasteiger charge is -2.19. The summed E-state index contributed by atoms with van der Waals surface area (Å²) in [7, 11) is -3.40. The van der Waals surface area contributed by atoms with E-state index < -0.39 is 10.0 Å². The van der Waals surface area contributed by atoms with E-state index >= 15 is 0 Å². The molecule has 3 N–H and O–H groups in total. The zero-order valence-corrected chi connectivity index (χ0v) is 11.7. The second-order valence-electron chi connectivity index (χ2n) is 5.16. The molecule has 0 aliphatic carbocycles. The molecule has 0 fully saturated rings. The lowest BCUT2D eigenvalue weighted by molar-refractivity contribution is 0.463. The molecular weight excluding hydrogens is 260 g/mol. The molecule has 0 aliphatic rings. The maximum absolute atomic E-state index is 11.9. The molecule has 0 saturated heterocycles. The molecular formula is C11H17ClN2O2S. The van der Waals surface area contributed by atoms with Crippen LogP contribution in [-0.4, -0.2) is 14.2 Å². The van der Waals surface area contributed by atoms with Crippen LogP contribution >= 0.6 is 11.6 Å². The van der Waals surface area contributed by atoms with Gasteiger partial charge >= 0.3 is 0 Å². The van der Waals surface area contributed by atoms with Crippen LogP contribution in [0.5, 0.6) is 0 Å². The predicted octanol–water partition coefficient (Wildman–Crippen LogP) is 2.71. The monoisotopic (exact) mass is 276 g/mol. The number of nitrogen functional groups attached to an aromatic ring is 1. The van der Waals surface area contributed by atoms with Crippen molar-refractivity contribution in [2.45, 2.75) is 20.8 Å². The molecule has 0 heterocycles. The van der Waals surface area contributed by atoms with Crippen molar-refractivity contribution >= 4 is 33.0 Å². The minimum atomic E-state index is -3.40. The average Bonchev–Trinajstić information content (AvgIpc) is 2.05. The number of nitrogens with one attached hydrogen (secondary N) is 1. The van der Waals surface area contributed by atoms with Crippen molar-refractivity contribution in [2.24, 2.45) is 5.41 Å². The van der Waals surface area contributed by atoms with Crippen molar-refractivity contribution < 1.29 is 8.42 Å². The molecule has 0 saturated carbocycles.